The average Bonchev–Trinajstić information content (AvgIpc) is 2.72. The summed E-state index contributed by atoms with van der Waals surface area (Å²) in [7, 11) is -3.62. The predicted octanol–water partition coefficient (Wildman–Crippen LogP) is 2.85. The molecule has 1 aliphatic rings. The summed E-state index contributed by atoms with van der Waals surface area (Å²) in [5.74, 6) is 0.429. The Labute approximate surface area is 182 Å². The summed E-state index contributed by atoms with van der Waals surface area (Å²) in [6.07, 6.45) is 1.10. The number of anilines is 2. The van der Waals surface area contributed by atoms with Crippen LogP contribution in [-0.4, -0.2) is 64.8 Å². The van der Waals surface area contributed by atoms with E-state index in [2.05, 4.69) is 4.90 Å². The van der Waals surface area contributed by atoms with Gasteiger partial charge in [-0.2, -0.15) is 0 Å². The van der Waals surface area contributed by atoms with Crippen LogP contribution >= 0.6 is 11.6 Å². The molecule has 3 rings (SSSR count). The van der Waals surface area contributed by atoms with Gasteiger partial charge in [-0.3, -0.25) is 9.10 Å². The van der Waals surface area contributed by atoms with E-state index in [0.717, 1.165) is 16.2 Å². The molecular weight excluding hydrogens is 426 g/mol. The van der Waals surface area contributed by atoms with E-state index in [1.54, 1.807) is 29.2 Å². The minimum Gasteiger partial charge on any atom is -0.494 e. The zero-order chi connectivity index (χ0) is 21.7. The number of sulfonamides is 1. The Balaban J connectivity index is 1.65. The number of ether oxygens (including phenoxy) is 1. The molecule has 0 unspecified atom stereocenters. The molecule has 0 spiro atoms. The molecule has 2 aromatic rings. The van der Waals surface area contributed by atoms with E-state index in [1.807, 2.05) is 31.2 Å². The first-order valence-corrected chi connectivity index (χ1v) is 12.0. The van der Waals surface area contributed by atoms with Crippen LogP contribution in [-0.2, 0) is 14.8 Å². The molecule has 1 saturated heterocycles. The predicted molar refractivity (Wildman–Crippen MR) is 120 cm³/mol. The highest BCUT2D eigenvalue weighted by molar-refractivity contribution is 7.92. The van der Waals surface area contributed by atoms with Crippen molar-refractivity contribution in [1.29, 1.82) is 0 Å². The first-order chi connectivity index (χ1) is 14.3. The first kappa shape index (κ1) is 22.2. The summed E-state index contributed by atoms with van der Waals surface area (Å²) >= 11 is 6.07. The van der Waals surface area contributed by atoms with E-state index >= 15 is 0 Å². The lowest BCUT2D eigenvalue weighted by atomic mass is 10.2. The van der Waals surface area contributed by atoms with E-state index in [1.165, 1.54) is 0 Å². The third-order valence-electron chi connectivity index (χ3n) is 4.92. The molecular formula is C21H26ClN3O4S. The molecule has 0 aliphatic carbocycles. The second kappa shape index (κ2) is 9.57. The maximum atomic E-state index is 12.9. The second-order valence-corrected chi connectivity index (χ2v) is 9.39. The molecule has 9 heteroatoms. The number of benzene rings is 2. The molecule has 0 N–H and O–H groups in total. The second-order valence-electron chi connectivity index (χ2n) is 7.04. The van der Waals surface area contributed by atoms with Gasteiger partial charge in [-0.25, -0.2) is 8.42 Å². The highest BCUT2D eigenvalue weighted by Crippen LogP contribution is 2.23. The summed E-state index contributed by atoms with van der Waals surface area (Å²) < 4.78 is 31.2. The smallest absolute Gasteiger partial charge is 0.243 e. The highest BCUT2D eigenvalue weighted by atomic mass is 35.5. The van der Waals surface area contributed by atoms with Gasteiger partial charge in [-0.05, 0) is 49.4 Å². The first-order valence-electron chi connectivity index (χ1n) is 9.77. The van der Waals surface area contributed by atoms with Crippen LogP contribution in [0.4, 0.5) is 11.4 Å². The lowest BCUT2D eigenvalue weighted by molar-refractivity contribution is -0.129. The molecule has 1 aliphatic heterocycles. The van der Waals surface area contributed by atoms with Crippen molar-refractivity contribution in [3.05, 3.63) is 53.6 Å². The topological polar surface area (TPSA) is 70.2 Å². The van der Waals surface area contributed by atoms with E-state index < -0.39 is 10.0 Å². The molecule has 1 amide bonds. The maximum Gasteiger partial charge on any atom is 0.243 e. The van der Waals surface area contributed by atoms with Gasteiger partial charge in [0.05, 0.1) is 18.6 Å². The molecule has 1 fully saturated rings. The Morgan fingerprint density at radius 2 is 1.77 bits per heavy atom. The fourth-order valence-corrected chi connectivity index (χ4v) is 4.42. The van der Waals surface area contributed by atoms with Gasteiger partial charge in [-0.15, -0.1) is 0 Å². The normalized spacial score (nSPS) is 14.5. The Morgan fingerprint density at radius 1 is 1.10 bits per heavy atom. The number of carbonyl (C=O) groups is 1. The zero-order valence-electron chi connectivity index (χ0n) is 17.1. The van der Waals surface area contributed by atoms with E-state index in [9.17, 15) is 13.2 Å². The number of rotatable bonds is 7. The molecule has 30 heavy (non-hydrogen) atoms. The van der Waals surface area contributed by atoms with Gasteiger partial charge in [0.2, 0.25) is 15.9 Å². The lowest BCUT2D eigenvalue weighted by Crippen LogP contribution is -2.52. The average molecular weight is 452 g/mol. The van der Waals surface area contributed by atoms with Gasteiger partial charge in [0.1, 0.15) is 12.3 Å². The van der Waals surface area contributed by atoms with Gasteiger partial charge >= 0.3 is 0 Å². The van der Waals surface area contributed by atoms with E-state index in [0.29, 0.717) is 49.2 Å². The summed E-state index contributed by atoms with van der Waals surface area (Å²) in [5.41, 5.74) is 1.45. The molecule has 0 radical (unpaired) electrons. The van der Waals surface area contributed by atoms with Gasteiger partial charge in [0, 0.05) is 36.9 Å². The van der Waals surface area contributed by atoms with Crippen molar-refractivity contribution in [3.63, 3.8) is 0 Å². The fraction of sp³-hybridized carbons (Fsp3) is 0.381. The molecule has 1 heterocycles. The van der Waals surface area contributed by atoms with Gasteiger partial charge < -0.3 is 14.5 Å². The SMILES string of the molecule is CCOc1ccc(N(CC(=O)N2CCN(c3cccc(Cl)c3)CC2)S(C)(=O)=O)cc1. The number of halogens is 1. The largest absolute Gasteiger partial charge is 0.494 e. The fourth-order valence-electron chi connectivity index (χ4n) is 3.39. The monoisotopic (exact) mass is 451 g/mol. The van der Waals surface area contributed by atoms with Crippen molar-refractivity contribution < 1.29 is 17.9 Å². The Kier molecular flexibility index (Phi) is 7.10. The van der Waals surface area contributed by atoms with Crippen molar-refractivity contribution in [2.24, 2.45) is 0 Å². The minimum absolute atomic E-state index is 0.222. The minimum atomic E-state index is -3.62. The molecule has 0 saturated carbocycles. The summed E-state index contributed by atoms with van der Waals surface area (Å²) in [4.78, 5) is 16.7. The number of carbonyl (C=O) groups excluding carboxylic acids is 1. The highest BCUT2D eigenvalue weighted by Gasteiger charge is 2.26. The van der Waals surface area contributed by atoms with E-state index in [4.69, 9.17) is 16.3 Å². The number of piperazine rings is 1. The number of nitrogens with zero attached hydrogens (tertiary/aromatic N) is 3. The molecule has 0 bridgehead atoms. The van der Waals surface area contributed by atoms with Crippen LogP contribution in [0.1, 0.15) is 6.92 Å². The van der Waals surface area contributed by atoms with Crippen LogP contribution in [0.3, 0.4) is 0 Å². The third kappa shape index (κ3) is 5.58. The van der Waals surface area contributed by atoms with Crippen molar-refractivity contribution in [2.45, 2.75) is 6.92 Å². The van der Waals surface area contributed by atoms with E-state index in [-0.39, 0.29) is 12.5 Å². The van der Waals surface area contributed by atoms with Gasteiger partial charge in [0.15, 0.2) is 0 Å². The Hall–Kier alpha value is -2.45. The van der Waals surface area contributed by atoms with Crippen molar-refractivity contribution >= 4 is 38.9 Å². The van der Waals surface area contributed by atoms with Crippen LogP contribution in [0.25, 0.3) is 0 Å². The summed E-state index contributed by atoms with van der Waals surface area (Å²) in [5, 5.41) is 0.671. The molecule has 7 nitrogen and oxygen atoms in total. The van der Waals surface area contributed by atoms with Crippen LogP contribution < -0.4 is 13.9 Å². The standard InChI is InChI=1S/C21H26ClN3O4S/c1-3-29-20-9-7-18(8-10-20)25(30(2,27)28)16-21(26)24-13-11-23(12-14-24)19-6-4-5-17(22)15-19/h4-10,15H,3,11-14,16H2,1-2H3. The summed E-state index contributed by atoms with van der Waals surface area (Å²) in [6.45, 7) is 4.53. The molecule has 2 aromatic carbocycles. The maximum absolute atomic E-state index is 12.9. The van der Waals surface area contributed by atoms with Crippen LogP contribution in [0, 0.1) is 0 Å². The van der Waals surface area contributed by atoms with Crippen LogP contribution in [0.15, 0.2) is 48.5 Å². The number of hydrogen-bond donors (Lipinski definition) is 0. The van der Waals surface area contributed by atoms with Crippen molar-refractivity contribution in [2.75, 3.05) is 54.8 Å². The number of amides is 1. The Morgan fingerprint density at radius 3 is 2.33 bits per heavy atom. The quantitative estimate of drug-likeness (QED) is 0.647. The van der Waals surface area contributed by atoms with Gasteiger partial charge in [0.25, 0.3) is 0 Å². The summed E-state index contributed by atoms with van der Waals surface area (Å²) in [6, 6.07) is 14.3. The van der Waals surface area contributed by atoms with Crippen LogP contribution in [0.5, 0.6) is 5.75 Å². The van der Waals surface area contributed by atoms with Crippen molar-refractivity contribution in [1.82, 2.24) is 4.90 Å². The molecule has 162 valence electrons. The zero-order valence-corrected chi connectivity index (χ0v) is 18.7. The van der Waals surface area contributed by atoms with Crippen LogP contribution in [0.2, 0.25) is 5.02 Å². The third-order valence-corrected chi connectivity index (χ3v) is 6.30. The molecule has 0 atom stereocenters. The Bertz CT molecular complexity index is 974. The number of hydrogen-bond acceptors (Lipinski definition) is 5. The molecule has 0 aromatic heterocycles. The van der Waals surface area contributed by atoms with Gasteiger partial charge in [-0.1, -0.05) is 17.7 Å². The lowest BCUT2D eigenvalue weighted by Gasteiger charge is -2.37. The van der Waals surface area contributed by atoms with Crippen molar-refractivity contribution in [3.8, 4) is 5.75 Å².